The number of hydrogen-bond acceptors (Lipinski definition) is 4. The van der Waals surface area contributed by atoms with Gasteiger partial charge in [-0.15, -0.1) is 0 Å². The molecule has 2 heterocycles. The maximum atomic E-state index is 13.1. The molecule has 32 heavy (non-hydrogen) atoms. The van der Waals surface area contributed by atoms with E-state index in [0.29, 0.717) is 44.6 Å². The van der Waals surface area contributed by atoms with Gasteiger partial charge in [0.05, 0.1) is 15.9 Å². The number of nitrogens with one attached hydrogen (secondary N) is 1. The van der Waals surface area contributed by atoms with Crippen LogP contribution in [0, 0.1) is 0 Å². The fraction of sp³-hybridized carbons (Fsp3) is 0.391. The van der Waals surface area contributed by atoms with Crippen molar-refractivity contribution in [2.45, 2.75) is 37.6 Å². The Balaban J connectivity index is 1.51. The van der Waals surface area contributed by atoms with Gasteiger partial charge in [0.25, 0.3) is 5.91 Å². The Morgan fingerprint density at radius 2 is 1.75 bits per heavy atom. The van der Waals surface area contributed by atoms with Crippen LogP contribution in [0.1, 0.15) is 43.1 Å². The molecule has 1 aliphatic heterocycles. The Bertz CT molecular complexity index is 1280. The zero-order valence-electron chi connectivity index (χ0n) is 18.3. The van der Waals surface area contributed by atoms with Gasteiger partial charge >= 0.3 is 5.69 Å². The number of imidazole rings is 1. The van der Waals surface area contributed by atoms with Crippen LogP contribution >= 0.6 is 0 Å². The van der Waals surface area contributed by atoms with Crippen molar-refractivity contribution >= 4 is 27.0 Å². The van der Waals surface area contributed by atoms with E-state index in [9.17, 15) is 18.0 Å². The van der Waals surface area contributed by atoms with E-state index in [1.165, 1.54) is 16.4 Å². The summed E-state index contributed by atoms with van der Waals surface area (Å²) in [5.74, 6) is -0.189. The monoisotopic (exact) mass is 456 g/mol. The smallest absolute Gasteiger partial charge is 0.326 e. The number of carbonyl (C=O) groups is 1. The number of nitrogens with zero attached hydrogens (tertiary/aromatic N) is 3. The topological polar surface area (TPSA) is 95.5 Å². The molecule has 1 aromatic heterocycles. The SMILES string of the molecule is CCN(CC)S(=O)(=O)c1cccc(C(=O)N2CCC(n3c(=O)[nH]c4ccccc43)CC2)c1. The number of H-pyrrole nitrogens is 1. The molecule has 9 heteroatoms. The maximum Gasteiger partial charge on any atom is 0.326 e. The fourth-order valence-corrected chi connectivity index (χ4v) is 5.95. The number of likely N-dealkylation sites (tertiary alicyclic amines) is 1. The van der Waals surface area contributed by atoms with Crippen LogP contribution in [0.4, 0.5) is 0 Å². The van der Waals surface area contributed by atoms with E-state index >= 15 is 0 Å². The van der Waals surface area contributed by atoms with Gasteiger partial charge in [0.15, 0.2) is 0 Å². The Morgan fingerprint density at radius 3 is 2.44 bits per heavy atom. The van der Waals surface area contributed by atoms with Gasteiger partial charge in [0.1, 0.15) is 0 Å². The lowest BCUT2D eigenvalue weighted by atomic mass is 10.0. The lowest BCUT2D eigenvalue weighted by Gasteiger charge is -2.32. The third-order valence-corrected chi connectivity index (χ3v) is 8.21. The molecule has 8 nitrogen and oxygen atoms in total. The molecular formula is C23H28N4O4S. The zero-order chi connectivity index (χ0) is 22.9. The molecule has 0 saturated carbocycles. The number of sulfonamides is 1. The van der Waals surface area contributed by atoms with Gasteiger partial charge in [0.2, 0.25) is 10.0 Å². The molecule has 4 rings (SSSR count). The first-order valence-corrected chi connectivity index (χ1v) is 12.4. The first-order valence-electron chi connectivity index (χ1n) is 11.0. The zero-order valence-corrected chi connectivity index (χ0v) is 19.1. The largest absolute Gasteiger partial charge is 0.338 e. The molecule has 1 fully saturated rings. The highest BCUT2D eigenvalue weighted by atomic mass is 32.2. The molecule has 3 aromatic rings. The van der Waals surface area contributed by atoms with Gasteiger partial charge in [0, 0.05) is 37.8 Å². The predicted octanol–water partition coefficient (Wildman–Crippen LogP) is 2.84. The number of aromatic amines is 1. The summed E-state index contributed by atoms with van der Waals surface area (Å²) in [4.78, 5) is 30.3. The number of fused-ring (bicyclic) bond motifs is 1. The van der Waals surface area contributed by atoms with Crippen LogP contribution in [0.15, 0.2) is 58.2 Å². The third-order valence-electron chi connectivity index (χ3n) is 6.17. The molecule has 1 N–H and O–H groups in total. The minimum Gasteiger partial charge on any atom is -0.338 e. The summed E-state index contributed by atoms with van der Waals surface area (Å²) in [6.07, 6.45) is 1.32. The molecule has 0 radical (unpaired) electrons. The Labute approximate surface area is 187 Å². The molecule has 170 valence electrons. The molecule has 1 aliphatic rings. The lowest BCUT2D eigenvalue weighted by molar-refractivity contribution is 0.0694. The van der Waals surface area contributed by atoms with Crippen LogP contribution < -0.4 is 5.69 Å². The summed E-state index contributed by atoms with van der Waals surface area (Å²) in [6, 6.07) is 13.9. The lowest BCUT2D eigenvalue weighted by Crippen LogP contribution is -2.40. The van der Waals surface area contributed by atoms with Crippen molar-refractivity contribution in [1.82, 2.24) is 18.8 Å². The normalized spacial score (nSPS) is 15.5. The summed E-state index contributed by atoms with van der Waals surface area (Å²) in [5, 5.41) is 0. The molecular weight excluding hydrogens is 428 g/mol. The fourth-order valence-electron chi connectivity index (χ4n) is 4.45. The molecule has 0 aliphatic carbocycles. The third kappa shape index (κ3) is 3.98. The van der Waals surface area contributed by atoms with Crippen LogP contribution in [0.2, 0.25) is 0 Å². The van der Waals surface area contributed by atoms with E-state index in [1.807, 2.05) is 24.3 Å². The first-order chi connectivity index (χ1) is 15.4. The predicted molar refractivity (Wildman–Crippen MR) is 123 cm³/mol. The van der Waals surface area contributed by atoms with Crippen LogP contribution in [0.25, 0.3) is 11.0 Å². The van der Waals surface area contributed by atoms with Gasteiger partial charge in [-0.05, 0) is 43.2 Å². The van der Waals surface area contributed by atoms with Crippen LogP contribution in [0.5, 0.6) is 0 Å². The van der Waals surface area contributed by atoms with Crippen LogP contribution in [-0.2, 0) is 10.0 Å². The standard InChI is InChI=1S/C23H28N4O4S/c1-3-26(4-2)32(30,31)19-9-7-8-17(16-19)22(28)25-14-12-18(13-15-25)27-21-11-6-5-10-20(21)24-23(27)29/h5-11,16,18H,3-4,12-15H2,1-2H3,(H,24,29). The molecule has 0 atom stereocenters. The average molecular weight is 457 g/mol. The number of benzene rings is 2. The van der Waals surface area contributed by atoms with Crippen LogP contribution in [-0.4, -0.2) is 59.3 Å². The number of aromatic nitrogens is 2. The number of rotatable bonds is 6. The van der Waals surface area contributed by atoms with Crippen molar-refractivity contribution in [3.05, 3.63) is 64.6 Å². The second-order valence-electron chi connectivity index (χ2n) is 7.96. The summed E-state index contributed by atoms with van der Waals surface area (Å²) < 4.78 is 28.8. The summed E-state index contributed by atoms with van der Waals surface area (Å²) in [6.45, 7) is 5.33. The van der Waals surface area contributed by atoms with E-state index in [2.05, 4.69) is 4.98 Å². The maximum absolute atomic E-state index is 13.1. The van der Waals surface area contributed by atoms with E-state index in [4.69, 9.17) is 0 Å². The van der Waals surface area contributed by atoms with Gasteiger partial charge in [-0.1, -0.05) is 32.0 Å². The number of amides is 1. The van der Waals surface area contributed by atoms with Gasteiger partial charge in [-0.2, -0.15) is 4.31 Å². The molecule has 1 saturated heterocycles. The van der Waals surface area contributed by atoms with Crippen molar-refractivity contribution in [2.75, 3.05) is 26.2 Å². The first kappa shape index (κ1) is 22.3. The van der Waals surface area contributed by atoms with Crippen molar-refractivity contribution < 1.29 is 13.2 Å². The Morgan fingerprint density at radius 1 is 1.06 bits per heavy atom. The average Bonchev–Trinajstić information content (AvgIpc) is 3.15. The van der Waals surface area contributed by atoms with Crippen molar-refractivity contribution in [3.8, 4) is 0 Å². The van der Waals surface area contributed by atoms with E-state index in [1.54, 1.807) is 35.4 Å². The Kier molecular flexibility index (Phi) is 6.21. The minimum absolute atomic E-state index is 0.0112. The molecule has 0 spiro atoms. The number of para-hydroxylation sites is 2. The summed E-state index contributed by atoms with van der Waals surface area (Å²) in [7, 11) is -3.63. The Hall–Kier alpha value is -2.91. The highest BCUT2D eigenvalue weighted by Crippen LogP contribution is 2.26. The van der Waals surface area contributed by atoms with Gasteiger partial charge in [-0.25, -0.2) is 13.2 Å². The number of carbonyl (C=O) groups excluding carboxylic acids is 1. The van der Waals surface area contributed by atoms with Crippen molar-refractivity contribution in [1.29, 1.82) is 0 Å². The van der Waals surface area contributed by atoms with Gasteiger partial charge in [-0.3, -0.25) is 9.36 Å². The van der Waals surface area contributed by atoms with Gasteiger partial charge < -0.3 is 9.88 Å². The molecule has 0 unspecified atom stereocenters. The van der Waals surface area contributed by atoms with E-state index < -0.39 is 10.0 Å². The van der Waals surface area contributed by atoms with Crippen molar-refractivity contribution in [2.24, 2.45) is 0 Å². The van der Waals surface area contributed by atoms with Crippen LogP contribution in [0.3, 0.4) is 0 Å². The highest BCUT2D eigenvalue weighted by molar-refractivity contribution is 7.89. The molecule has 0 bridgehead atoms. The molecule has 2 aromatic carbocycles. The summed E-state index contributed by atoms with van der Waals surface area (Å²) in [5.41, 5.74) is 1.91. The quantitative estimate of drug-likeness (QED) is 0.617. The van der Waals surface area contributed by atoms with E-state index in [0.717, 1.165) is 11.0 Å². The van der Waals surface area contributed by atoms with E-state index in [-0.39, 0.29) is 22.5 Å². The summed E-state index contributed by atoms with van der Waals surface area (Å²) >= 11 is 0. The minimum atomic E-state index is -3.63. The highest BCUT2D eigenvalue weighted by Gasteiger charge is 2.28. The number of hydrogen-bond donors (Lipinski definition) is 1. The van der Waals surface area contributed by atoms with Crippen molar-refractivity contribution in [3.63, 3.8) is 0 Å². The number of piperidine rings is 1. The second kappa shape index (κ2) is 8.91. The molecule has 1 amide bonds. The second-order valence-corrected chi connectivity index (χ2v) is 9.90.